The number of rotatable bonds is 9. The van der Waals surface area contributed by atoms with E-state index in [1.165, 1.54) is 19.2 Å². The summed E-state index contributed by atoms with van der Waals surface area (Å²) in [6.45, 7) is 4.01. The van der Waals surface area contributed by atoms with Crippen LogP contribution < -0.4 is 10.1 Å². The largest absolute Gasteiger partial charge is 0.496 e. The van der Waals surface area contributed by atoms with Crippen molar-refractivity contribution >= 4 is 17.6 Å². The summed E-state index contributed by atoms with van der Waals surface area (Å²) in [5.74, 6) is -0.776. The van der Waals surface area contributed by atoms with Crippen molar-refractivity contribution in [2.75, 3.05) is 12.4 Å². The van der Waals surface area contributed by atoms with Crippen LogP contribution in [0.2, 0.25) is 0 Å². The van der Waals surface area contributed by atoms with E-state index in [1.54, 1.807) is 24.3 Å². The van der Waals surface area contributed by atoms with Crippen molar-refractivity contribution in [2.24, 2.45) is 5.41 Å². The van der Waals surface area contributed by atoms with Crippen LogP contribution in [0.5, 0.6) is 5.75 Å². The van der Waals surface area contributed by atoms with E-state index < -0.39 is 22.9 Å². The van der Waals surface area contributed by atoms with Gasteiger partial charge in [0.15, 0.2) is 0 Å². The van der Waals surface area contributed by atoms with Crippen LogP contribution in [0.15, 0.2) is 66.7 Å². The number of ether oxygens (including phenoxy) is 2. The van der Waals surface area contributed by atoms with E-state index in [0.717, 1.165) is 5.56 Å². The van der Waals surface area contributed by atoms with Gasteiger partial charge in [0, 0.05) is 17.7 Å². The Morgan fingerprint density at radius 2 is 1.83 bits per heavy atom. The van der Waals surface area contributed by atoms with Crippen LogP contribution in [0, 0.1) is 11.2 Å². The summed E-state index contributed by atoms with van der Waals surface area (Å²) in [6.07, 6.45) is 0.583. The topological polar surface area (TPSA) is 84.9 Å². The predicted molar refractivity (Wildman–Crippen MR) is 134 cm³/mol. The Morgan fingerprint density at radius 3 is 2.56 bits per heavy atom. The van der Waals surface area contributed by atoms with Crippen LogP contribution in [0.3, 0.4) is 0 Å². The third-order valence-electron chi connectivity index (χ3n) is 6.39. The standard InChI is InChI=1S/C29H30FNO5/c1-28(2,16-20-13-22(30)9-12-25(20)35-3)18-29(34,15-19-7-5-4-6-8-19)27(33)31-23-10-11-24-21(14-23)17-36-26(24)32/h4-14,34H,15-18H2,1-3H3,(H,31,33). The first kappa shape index (κ1) is 25.4. The summed E-state index contributed by atoms with van der Waals surface area (Å²) >= 11 is 0. The molecule has 0 radical (unpaired) electrons. The first-order valence-corrected chi connectivity index (χ1v) is 11.8. The molecule has 3 aromatic carbocycles. The highest BCUT2D eigenvalue weighted by Crippen LogP contribution is 2.37. The number of aliphatic hydroxyl groups is 1. The van der Waals surface area contributed by atoms with Gasteiger partial charge in [-0.3, -0.25) is 4.79 Å². The molecule has 36 heavy (non-hydrogen) atoms. The average molecular weight is 492 g/mol. The zero-order chi connectivity index (χ0) is 25.9. The number of cyclic esters (lactones) is 1. The molecule has 1 atom stereocenters. The van der Waals surface area contributed by atoms with Gasteiger partial charge in [0.05, 0.1) is 12.7 Å². The Kier molecular flexibility index (Phi) is 7.13. The third kappa shape index (κ3) is 5.74. The maximum atomic E-state index is 14.0. The summed E-state index contributed by atoms with van der Waals surface area (Å²) in [5.41, 5.74) is 0.723. The van der Waals surface area contributed by atoms with Crippen molar-refractivity contribution in [1.82, 2.24) is 0 Å². The monoisotopic (exact) mass is 491 g/mol. The number of carbonyl (C=O) groups is 2. The molecule has 2 N–H and O–H groups in total. The second-order valence-electron chi connectivity index (χ2n) is 10.1. The third-order valence-corrected chi connectivity index (χ3v) is 6.39. The van der Waals surface area contributed by atoms with Crippen molar-refractivity contribution < 1.29 is 28.6 Å². The highest BCUT2D eigenvalue weighted by molar-refractivity contribution is 5.99. The van der Waals surface area contributed by atoms with E-state index in [4.69, 9.17) is 9.47 Å². The molecule has 1 amide bonds. The zero-order valence-corrected chi connectivity index (χ0v) is 20.6. The van der Waals surface area contributed by atoms with Crippen LogP contribution in [-0.2, 0) is 29.0 Å². The lowest BCUT2D eigenvalue weighted by atomic mass is 9.73. The Morgan fingerprint density at radius 1 is 1.08 bits per heavy atom. The Hall–Kier alpha value is -3.71. The lowest BCUT2D eigenvalue weighted by molar-refractivity contribution is -0.137. The molecule has 3 aromatic rings. The average Bonchev–Trinajstić information content (AvgIpc) is 3.19. The van der Waals surface area contributed by atoms with Gasteiger partial charge in [0.25, 0.3) is 5.91 Å². The minimum atomic E-state index is -1.77. The smallest absolute Gasteiger partial charge is 0.338 e. The summed E-state index contributed by atoms with van der Waals surface area (Å²) in [7, 11) is 1.53. The molecule has 0 saturated carbocycles. The summed E-state index contributed by atoms with van der Waals surface area (Å²) in [5, 5.41) is 14.7. The number of nitrogens with one attached hydrogen (secondary N) is 1. The Labute approximate surface area is 210 Å². The number of fused-ring (bicyclic) bond motifs is 1. The molecule has 0 saturated heterocycles. The van der Waals surface area contributed by atoms with Gasteiger partial charge in [-0.15, -0.1) is 0 Å². The van der Waals surface area contributed by atoms with Gasteiger partial charge in [0.2, 0.25) is 0 Å². The molecule has 0 fully saturated rings. The lowest BCUT2D eigenvalue weighted by Crippen LogP contribution is -2.48. The first-order chi connectivity index (χ1) is 17.1. The lowest BCUT2D eigenvalue weighted by Gasteiger charge is -2.36. The van der Waals surface area contributed by atoms with Crippen LogP contribution in [0.1, 0.15) is 47.3 Å². The predicted octanol–water partition coefficient (Wildman–Crippen LogP) is 5.08. The van der Waals surface area contributed by atoms with Crippen LogP contribution in [0.25, 0.3) is 0 Å². The van der Waals surface area contributed by atoms with Gasteiger partial charge in [-0.1, -0.05) is 44.2 Å². The SMILES string of the molecule is COc1ccc(F)cc1CC(C)(C)CC(O)(Cc1ccccc1)C(=O)Nc1ccc2c(c1)COC2=O. The number of halogens is 1. The van der Waals surface area contributed by atoms with Crippen molar-refractivity contribution in [2.45, 2.75) is 45.3 Å². The fraction of sp³-hybridized carbons (Fsp3) is 0.310. The molecule has 188 valence electrons. The number of amides is 1. The molecule has 0 aromatic heterocycles. The Balaban J connectivity index is 1.60. The summed E-state index contributed by atoms with van der Waals surface area (Å²) in [6, 6.07) is 18.5. The molecule has 0 spiro atoms. The molecular formula is C29H30FNO5. The number of hydrogen-bond donors (Lipinski definition) is 2. The van der Waals surface area contributed by atoms with Crippen molar-refractivity contribution in [3.8, 4) is 5.75 Å². The van der Waals surface area contributed by atoms with Crippen molar-refractivity contribution in [1.29, 1.82) is 0 Å². The number of benzene rings is 3. The maximum absolute atomic E-state index is 14.0. The van der Waals surface area contributed by atoms with E-state index in [9.17, 15) is 19.1 Å². The van der Waals surface area contributed by atoms with Gasteiger partial charge in [-0.2, -0.15) is 0 Å². The second-order valence-corrected chi connectivity index (χ2v) is 10.1. The van der Waals surface area contributed by atoms with E-state index in [2.05, 4.69) is 5.32 Å². The summed E-state index contributed by atoms with van der Waals surface area (Å²) < 4.78 is 24.4. The highest BCUT2D eigenvalue weighted by atomic mass is 19.1. The molecule has 1 aliphatic heterocycles. The molecule has 1 heterocycles. The molecule has 1 unspecified atom stereocenters. The molecule has 4 rings (SSSR count). The number of anilines is 1. The number of carbonyl (C=O) groups excluding carboxylic acids is 2. The molecule has 6 nitrogen and oxygen atoms in total. The fourth-order valence-electron chi connectivity index (χ4n) is 4.87. The second kappa shape index (κ2) is 10.1. The fourth-order valence-corrected chi connectivity index (χ4v) is 4.87. The van der Waals surface area contributed by atoms with Gasteiger partial charge >= 0.3 is 5.97 Å². The summed E-state index contributed by atoms with van der Waals surface area (Å²) in [4.78, 5) is 25.3. The van der Waals surface area contributed by atoms with E-state index in [-0.39, 0.29) is 25.3 Å². The van der Waals surface area contributed by atoms with Crippen molar-refractivity contribution in [3.05, 3.63) is 94.8 Å². The Bertz CT molecular complexity index is 1270. The molecule has 1 aliphatic rings. The minimum absolute atomic E-state index is 0.0932. The van der Waals surface area contributed by atoms with E-state index in [1.807, 2.05) is 44.2 Å². The van der Waals surface area contributed by atoms with E-state index in [0.29, 0.717) is 34.5 Å². The minimum Gasteiger partial charge on any atom is -0.496 e. The highest BCUT2D eigenvalue weighted by Gasteiger charge is 2.42. The maximum Gasteiger partial charge on any atom is 0.338 e. The van der Waals surface area contributed by atoms with Gasteiger partial charge in [0.1, 0.15) is 23.8 Å². The quantitative estimate of drug-likeness (QED) is 0.408. The van der Waals surface area contributed by atoms with E-state index >= 15 is 0 Å². The molecule has 7 heteroatoms. The number of methoxy groups -OCH3 is 1. The number of esters is 1. The van der Waals surface area contributed by atoms with Gasteiger partial charge in [-0.05, 0) is 65.8 Å². The first-order valence-electron chi connectivity index (χ1n) is 11.8. The molecule has 0 bridgehead atoms. The molecule has 0 aliphatic carbocycles. The van der Waals surface area contributed by atoms with Crippen molar-refractivity contribution in [3.63, 3.8) is 0 Å². The van der Waals surface area contributed by atoms with Gasteiger partial charge in [-0.25, -0.2) is 9.18 Å². The van der Waals surface area contributed by atoms with Crippen LogP contribution >= 0.6 is 0 Å². The molecular weight excluding hydrogens is 461 g/mol. The van der Waals surface area contributed by atoms with Gasteiger partial charge < -0.3 is 19.9 Å². The number of hydrogen-bond acceptors (Lipinski definition) is 5. The zero-order valence-electron chi connectivity index (χ0n) is 20.6. The van der Waals surface area contributed by atoms with Crippen LogP contribution in [-0.4, -0.2) is 29.7 Å². The van der Waals surface area contributed by atoms with Crippen LogP contribution in [0.4, 0.5) is 10.1 Å². The normalized spacial score (nSPS) is 14.5.